The number of hydrogen-bond donors (Lipinski definition) is 3. The lowest BCUT2D eigenvalue weighted by molar-refractivity contribution is 0.0284. The summed E-state index contributed by atoms with van der Waals surface area (Å²) in [6.07, 6.45) is 8.15. The van der Waals surface area contributed by atoms with Crippen LogP contribution in [0.15, 0.2) is 61.2 Å². The Morgan fingerprint density at radius 1 is 1.07 bits per heavy atom. The van der Waals surface area contributed by atoms with Crippen LogP contribution in [0.3, 0.4) is 0 Å². The molecule has 6 nitrogen and oxygen atoms in total. The molecule has 6 heteroatoms. The number of nitrogens with zero attached hydrogens (tertiary/aromatic N) is 3. The van der Waals surface area contributed by atoms with E-state index < -0.39 is 5.60 Å². The molecule has 30 heavy (non-hydrogen) atoms. The van der Waals surface area contributed by atoms with Gasteiger partial charge >= 0.3 is 0 Å². The molecule has 0 saturated carbocycles. The molecule has 4 rings (SSSR count). The van der Waals surface area contributed by atoms with Crippen molar-refractivity contribution >= 4 is 16.9 Å². The number of rotatable bonds is 9. The third-order valence-corrected chi connectivity index (χ3v) is 5.88. The molecule has 156 valence electrons. The summed E-state index contributed by atoms with van der Waals surface area (Å²) in [6, 6.07) is 14.3. The number of benzene rings is 1. The van der Waals surface area contributed by atoms with Gasteiger partial charge in [-0.25, -0.2) is 9.97 Å². The van der Waals surface area contributed by atoms with Gasteiger partial charge in [-0.05, 0) is 48.6 Å². The molecule has 0 unspecified atom stereocenters. The van der Waals surface area contributed by atoms with Gasteiger partial charge in [0, 0.05) is 31.2 Å². The molecule has 4 aromatic rings. The zero-order valence-electron chi connectivity index (χ0n) is 17.6. The molecule has 0 aliphatic heterocycles. The second-order valence-electron chi connectivity index (χ2n) is 7.68. The topological polar surface area (TPSA) is 78.8 Å². The highest BCUT2D eigenvalue weighted by Gasteiger charge is 2.24. The zero-order chi connectivity index (χ0) is 21.0. The van der Waals surface area contributed by atoms with Crippen LogP contribution in [0.25, 0.3) is 22.3 Å². The van der Waals surface area contributed by atoms with Crippen LogP contribution in [0, 0.1) is 0 Å². The molecule has 0 amide bonds. The Balaban J connectivity index is 1.50. The molecule has 0 fully saturated rings. The molecule has 3 heterocycles. The first kappa shape index (κ1) is 20.2. The van der Waals surface area contributed by atoms with Gasteiger partial charge in [0.1, 0.15) is 17.8 Å². The molecule has 0 radical (unpaired) electrons. The average Bonchev–Trinajstić information content (AvgIpc) is 3.46. The minimum absolute atomic E-state index is 0.699. The third kappa shape index (κ3) is 4.09. The summed E-state index contributed by atoms with van der Waals surface area (Å²) in [5, 5.41) is 15.2. The van der Waals surface area contributed by atoms with Crippen molar-refractivity contribution in [1.29, 1.82) is 0 Å². The van der Waals surface area contributed by atoms with Crippen LogP contribution in [0.5, 0.6) is 0 Å². The molecule has 0 bridgehead atoms. The Hall–Kier alpha value is -3.12. The molecule has 3 N–H and O–H groups in total. The number of anilines is 1. The number of nitrogens with one attached hydrogen (secondary N) is 2. The Kier molecular flexibility index (Phi) is 5.86. The Morgan fingerprint density at radius 3 is 2.50 bits per heavy atom. The van der Waals surface area contributed by atoms with E-state index in [9.17, 15) is 5.11 Å². The van der Waals surface area contributed by atoms with Gasteiger partial charge in [-0.15, -0.1) is 0 Å². The zero-order valence-corrected chi connectivity index (χ0v) is 17.6. The van der Waals surface area contributed by atoms with Gasteiger partial charge in [0.25, 0.3) is 0 Å². The van der Waals surface area contributed by atoms with Crippen molar-refractivity contribution in [3.8, 4) is 11.3 Å². The van der Waals surface area contributed by atoms with Gasteiger partial charge in [0.05, 0.1) is 11.0 Å². The lowest BCUT2D eigenvalue weighted by Gasteiger charge is -2.25. The standard InChI is InChI=1S/C24H29N5O/c1-3-24(30,4-2)19-10-8-18(9-11-19)21-16-20-22(26-17-27-23(20)28-21)25-12-7-15-29-13-5-6-14-29/h5-6,8-11,13-14,16-17,30H,3-4,7,12,15H2,1-2H3,(H2,25,26,27,28). The first-order valence-corrected chi connectivity index (χ1v) is 10.6. The average molecular weight is 404 g/mol. The van der Waals surface area contributed by atoms with Gasteiger partial charge in [-0.2, -0.15) is 0 Å². The van der Waals surface area contributed by atoms with E-state index in [1.54, 1.807) is 6.33 Å². The lowest BCUT2D eigenvalue weighted by Crippen LogP contribution is -2.23. The van der Waals surface area contributed by atoms with Crippen molar-refractivity contribution in [2.75, 3.05) is 11.9 Å². The van der Waals surface area contributed by atoms with Gasteiger partial charge < -0.3 is 20.0 Å². The maximum Gasteiger partial charge on any atom is 0.143 e. The molecular weight excluding hydrogens is 374 g/mol. The Labute approximate surface area is 177 Å². The highest BCUT2D eigenvalue weighted by molar-refractivity contribution is 5.91. The summed E-state index contributed by atoms with van der Waals surface area (Å²) >= 11 is 0. The van der Waals surface area contributed by atoms with Crippen LogP contribution in [-0.4, -0.2) is 31.2 Å². The van der Waals surface area contributed by atoms with Crippen LogP contribution in [0.2, 0.25) is 0 Å². The fourth-order valence-corrected chi connectivity index (χ4v) is 3.84. The Morgan fingerprint density at radius 2 is 1.80 bits per heavy atom. The van der Waals surface area contributed by atoms with Crippen molar-refractivity contribution in [3.63, 3.8) is 0 Å². The van der Waals surface area contributed by atoms with E-state index in [1.165, 1.54) is 0 Å². The summed E-state index contributed by atoms with van der Waals surface area (Å²) in [4.78, 5) is 12.2. The summed E-state index contributed by atoms with van der Waals surface area (Å²) in [6.45, 7) is 5.84. The summed E-state index contributed by atoms with van der Waals surface area (Å²) < 4.78 is 2.17. The van der Waals surface area contributed by atoms with Crippen molar-refractivity contribution < 1.29 is 5.11 Å². The summed E-state index contributed by atoms with van der Waals surface area (Å²) in [5.41, 5.74) is 3.06. The molecule has 0 spiro atoms. The minimum Gasteiger partial charge on any atom is -0.385 e. The first-order valence-electron chi connectivity index (χ1n) is 10.6. The first-order chi connectivity index (χ1) is 14.6. The van der Waals surface area contributed by atoms with Gasteiger partial charge in [0.2, 0.25) is 0 Å². The molecule has 0 saturated heterocycles. The maximum absolute atomic E-state index is 10.7. The van der Waals surface area contributed by atoms with Crippen LogP contribution < -0.4 is 5.32 Å². The summed E-state index contributed by atoms with van der Waals surface area (Å²) in [7, 11) is 0. The number of fused-ring (bicyclic) bond motifs is 1. The molecular formula is C24H29N5O. The van der Waals surface area contributed by atoms with E-state index in [1.807, 2.05) is 50.2 Å². The second-order valence-corrected chi connectivity index (χ2v) is 7.68. The third-order valence-electron chi connectivity index (χ3n) is 5.88. The van der Waals surface area contributed by atoms with Crippen LogP contribution >= 0.6 is 0 Å². The van der Waals surface area contributed by atoms with Crippen LogP contribution in [0.1, 0.15) is 38.7 Å². The molecule has 3 aromatic heterocycles. The smallest absolute Gasteiger partial charge is 0.143 e. The highest BCUT2D eigenvalue weighted by atomic mass is 16.3. The number of aromatic nitrogens is 4. The van der Waals surface area contributed by atoms with Gasteiger partial charge in [-0.1, -0.05) is 38.1 Å². The fraction of sp³-hybridized carbons (Fsp3) is 0.333. The van der Waals surface area contributed by atoms with E-state index in [0.29, 0.717) is 12.8 Å². The van der Waals surface area contributed by atoms with E-state index in [0.717, 1.165) is 53.2 Å². The number of aliphatic hydroxyl groups is 1. The normalized spacial score (nSPS) is 11.8. The number of aryl methyl sites for hydroxylation is 1. The van der Waals surface area contributed by atoms with Gasteiger partial charge in [0.15, 0.2) is 0 Å². The van der Waals surface area contributed by atoms with E-state index >= 15 is 0 Å². The predicted molar refractivity (Wildman–Crippen MR) is 121 cm³/mol. The minimum atomic E-state index is -0.762. The number of hydrogen-bond acceptors (Lipinski definition) is 4. The SMILES string of the molecule is CCC(O)(CC)c1ccc(-c2cc3c(NCCCn4cccc4)ncnc3[nH]2)cc1. The van der Waals surface area contributed by atoms with Crippen molar-refractivity contribution in [2.24, 2.45) is 0 Å². The largest absolute Gasteiger partial charge is 0.385 e. The molecule has 1 aromatic carbocycles. The van der Waals surface area contributed by atoms with Gasteiger partial charge in [-0.3, -0.25) is 0 Å². The van der Waals surface area contributed by atoms with Crippen molar-refractivity contribution in [3.05, 3.63) is 66.7 Å². The molecule has 0 atom stereocenters. The Bertz CT molecular complexity index is 1080. The number of aromatic amines is 1. The quantitative estimate of drug-likeness (QED) is 0.346. The second kappa shape index (κ2) is 8.71. The maximum atomic E-state index is 10.7. The van der Waals surface area contributed by atoms with Crippen molar-refractivity contribution in [1.82, 2.24) is 19.5 Å². The predicted octanol–water partition coefficient (Wildman–Crippen LogP) is 4.94. The van der Waals surface area contributed by atoms with Crippen LogP contribution in [0.4, 0.5) is 5.82 Å². The van der Waals surface area contributed by atoms with Crippen LogP contribution in [-0.2, 0) is 12.1 Å². The van der Waals surface area contributed by atoms with E-state index in [4.69, 9.17) is 0 Å². The molecule has 0 aliphatic rings. The lowest BCUT2D eigenvalue weighted by atomic mass is 9.88. The van der Waals surface area contributed by atoms with E-state index in [-0.39, 0.29) is 0 Å². The summed E-state index contributed by atoms with van der Waals surface area (Å²) in [5.74, 6) is 0.845. The number of H-pyrrole nitrogens is 1. The fourth-order valence-electron chi connectivity index (χ4n) is 3.84. The highest BCUT2D eigenvalue weighted by Crippen LogP contribution is 2.31. The van der Waals surface area contributed by atoms with E-state index in [2.05, 4.69) is 43.3 Å². The van der Waals surface area contributed by atoms with Crippen molar-refractivity contribution in [2.45, 2.75) is 45.3 Å². The monoisotopic (exact) mass is 403 g/mol. The molecule has 0 aliphatic carbocycles.